The van der Waals surface area contributed by atoms with Crippen molar-refractivity contribution in [3.63, 3.8) is 0 Å². The molecule has 0 spiro atoms. The van der Waals surface area contributed by atoms with Crippen LogP contribution in [0.5, 0.6) is 0 Å². The number of carbonyl (C=O) groups is 1. The number of aromatic nitrogens is 3. The van der Waals surface area contributed by atoms with E-state index in [2.05, 4.69) is 15.0 Å². The summed E-state index contributed by atoms with van der Waals surface area (Å²) in [5.74, 6) is 0.457. The smallest absolute Gasteiger partial charge is 0.189 e. The summed E-state index contributed by atoms with van der Waals surface area (Å²) in [4.78, 5) is 23.2. The number of thioether (sulfide) groups is 1. The lowest BCUT2D eigenvalue weighted by atomic mass is 10.3. The van der Waals surface area contributed by atoms with E-state index in [1.165, 1.54) is 18.1 Å². The summed E-state index contributed by atoms with van der Waals surface area (Å²) in [5, 5.41) is 2.85. The van der Waals surface area contributed by atoms with E-state index < -0.39 is 0 Å². The molecule has 3 rings (SSSR count). The number of ketones is 1. The van der Waals surface area contributed by atoms with E-state index in [1.807, 2.05) is 17.5 Å². The predicted molar refractivity (Wildman–Crippen MR) is 73.3 cm³/mol. The monoisotopic (exact) mass is 275 g/mol. The average molecular weight is 275 g/mol. The molecule has 6 heteroatoms. The Kier molecular flexibility index (Phi) is 3.12. The van der Waals surface area contributed by atoms with Gasteiger partial charge in [-0.05, 0) is 23.6 Å². The maximum absolute atomic E-state index is 11.9. The molecule has 0 saturated heterocycles. The fourth-order valence-electron chi connectivity index (χ4n) is 1.58. The van der Waals surface area contributed by atoms with Crippen molar-refractivity contribution in [1.29, 1.82) is 0 Å². The Morgan fingerprint density at radius 3 is 3.17 bits per heavy atom. The molecule has 0 atom stereocenters. The molecule has 0 saturated carbocycles. The van der Waals surface area contributed by atoms with Crippen molar-refractivity contribution in [3.8, 4) is 0 Å². The van der Waals surface area contributed by atoms with Gasteiger partial charge in [0.2, 0.25) is 0 Å². The molecule has 0 fully saturated rings. The van der Waals surface area contributed by atoms with Gasteiger partial charge in [0.15, 0.2) is 5.78 Å². The van der Waals surface area contributed by atoms with Crippen molar-refractivity contribution >= 4 is 39.1 Å². The van der Waals surface area contributed by atoms with E-state index in [1.54, 1.807) is 23.6 Å². The molecular weight excluding hydrogens is 266 g/mol. The first kappa shape index (κ1) is 11.4. The number of Topliss-reactive ketones (excluding diaryl/α,β-unsaturated/α-hetero) is 1. The summed E-state index contributed by atoms with van der Waals surface area (Å²) in [5.41, 5.74) is 1.57. The van der Waals surface area contributed by atoms with Crippen molar-refractivity contribution in [2.75, 3.05) is 5.75 Å². The van der Waals surface area contributed by atoms with Gasteiger partial charge in [-0.15, -0.1) is 11.3 Å². The molecule has 0 aromatic carbocycles. The summed E-state index contributed by atoms with van der Waals surface area (Å²) >= 11 is 3.05. The topological polar surface area (TPSA) is 58.6 Å². The Bertz CT molecular complexity index is 676. The highest BCUT2D eigenvalue weighted by molar-refractivity contribution is 8.00. The van der Waals surface area contributed by atoms with Gasteiger partial charge in [-0.25, -0.2) is 9.97 Å². The molecule has 0 radical (unpaired) electrons. The lowest BCUT2D eigenvalue weighted by molar-refractivity contribution is 0.101. The third kappa shape index (κ3) is 2.16. The van der Waals surface area contributed by atoms with Gasteiger partial charge in [-0.3, -0.25) is 4.79 Å². The van der Waals surface area contributed by atoms with Crippen molar-refractivity contribution < 1.29 is 4.79 Å². The molecule has 0 unspecified atom stereocenters. The molecule has 3 aromatic rings. The molecule has 3 aromatic heterocycles. The van der Waals surface area contributed by atoms with Crippen LogP contribution in [0.3, 0.4) is 0 Å². The number of carbonyl (C=O) groups excluding carboxylic acids is 1. The Morgan fingerprint density at radius 2 is 2.33 bits per heavy atom. The SMILES string of the molecule is O=C(CSc1ncnc2ccsc12)c1ccc[nH]1. The first-order valence-electron chi connectivity index (χ1n) is 5.32. The van der Waals surface area contributed by atoms with Gasteiger partial charge >= 0.3 is 0 Å². The number of fused-ring (bicyclic) bond motifs is 1. The van der Waals surface area contributed by atoms with Gasteiger partial charge in [0.05, 0.1) is 21.7 Å². The molecule has 18 heavy (non-hydrogen) atoms. The molecular formula is C12H9N3OS2. The molecule has 0 bridgehead atoms. The van der Waals surface area contributed by atoms with Crippen molar-refractivity contribution in [2.24, 2.45) is 0 Å². The van der Waals surface area contributed by atoms with E-state index in [0.29, 0.717) is 11.4 Å². The maximum Gasteiger partial charge on any atom is 0.189 e. The van der Waals surface area contributed by atoms with E-state index in [4.69, 9.17) is 0 Å². The van der Waals surface area contributed by atoms with E-state index in [-0.39, 0.29) is 5.78 Å². The van der Waals surface area contributed by atoms with Gasteiger partial charge in [0.1, 0.15) is 11.4 Å². The zero-order chi connectivity index (χ0) is 12.4. The molecule has 0 aliphatic carbocycles. The van der Waals surface area contributed by atoms with Crippen molar-refractivity contribution in [2.45, 2.75) is 5.03 Å². The summed E-state index contributed by atoms with van der Waals surface area (Å²) < 4.78 is 1.04. The fourth-order valence-corrected chi connectivity index (χ4v) is 3.41. The van der Waals surface area contributed by atoms with Gasteiger partial charge in [-0.2, -0.15) is 0 Å². The standard InChI is InChI=1S/C12H9N3OS2/c16-10(8-2-1-4-13-8)6-18-12-11-9(3-5-17-11)14-7-15-12/h1-5,7,13H,6H2. The quantitative estimate of drug-likeness (QED) is 0.452. The van der Waals surface area contributed by atoms with E-state index >= 15 is 0 Å². The zero-order valence-corrected chi connectivity index (χ0v) is 10.9. The van der Waals surface area contributed by atoms with E-state index in [0.717, 1.165) is 15.2 Å². The highest BCUT2D eigenvalue weighted by Gasteiger charge is 2.10. The minimum atomic E-state index is 0.0771. The third-order valence-corrected chi connectivity index (χ3v) is 4.48. The number of nitrogens with one attached hydrogen (secondary N) is 1. The lowest BCUT2D eigenvalue weighted by Gasteiger charge is -2.00. The van der Waals surface area contributed by atoms with Gasteiger partial charge in [-0.1, -0.05) is 11.8 Å². The number of aromatic amines is 1. The molecule has 0 aliphatic rings. The second kappa shape index (κ2) is 4.91. The van der Waals surface area contributed by atoms with Crippen LogP contribution in [0, 0.1) is 0 Å². The Labute approximate surface area is 111 Å². The Hall–Kier alpha value is -1.66. The molecule has 4 nitrogen and oxygen atoms in total. The average Bonchev–Trinajstić information content (AvgIpc) is 3.05. The van der Waals surface area contributed by atoms with Crippen LogP contribution < -0.4 is 0 Å². The minimum Gasteiger partial charge on any atom is -0.359 e. The first-order chi connectivity index (χ1) is 8.84. The normalized spacial score (nSPS) is 10.9. The highest BCUT2D eigenvalue weighted by Crippen LogP contribution is 2.28. The zero-order valence-electron chi connectivity index (χ0n) is 9.29. The minimum absolute atomic E-state index is 0.0771. The van der Waals surface area contributed by atoms with Gasteiger partial charge in [0.25, 0.3) is 0 Å². The second-order valence-electron chi connectivity index (χ2n) is 3.61. The largest absolute Gasteiger partial charge is 0.359 e. The number of thiophene rings is 1. The van der Waals surface area contributed by atoms with Gasteiger partial charge in [0, 0.05) is 6.20 Å². The fraction of sp³-hybridized carbons (Fsp3) is 0.0833. The Morgan fingerprint density at radius 1 is 1.39 bits per heavy atom. The van der Waals surface area contributed by atoms with Crippen molar-refractivity contribution in [3.05, 3.63) is 41.8 Å². The summed E-state index contributed by atoms with van der Waals surface area (Å²) in [6.07, 6.45) is 3.29. The van der Waals surface area contributed by atoms with Crippen LogP contribution in [0.4, 0.5) is 0 Å². The van der Waals surface area contributed by atoms with Crippen LogP contribution in [0.25, 0.3) is 10.2 Å². The first-order valence-corrected chi connectivity index (χ1v) is 7.19. The molecule has 0 aliphatic heterocycles. The molecule has 0 amide bonds. The number of H-pyrrole nitrogens is 1. The van der Waals surface area contributed by atoms with Crippen LogP contribution in [0.2, 0.25) is 0 Å². The number of hydrogen-bond acceptors (Lipinski definition) is 5. The van der Waals surface area contributed by atoms with Crippen LogP contribution >= 0.6 is 23.1 Å². The van der Waals surface area contributed by atoms with Crippen LogP contribution in [-0.2, 0) is 0 Å². The van der Waals surface area contributed by atoms with E-state index in [9.17, 15) is 4.79 Å². The Balaban J connectivity index is 1.77. The van der Waals surface area contributed by atoms with Gasteiger partial charge < -0.3 is 4.98 Å². The number of rotatable bonds is 4. The summed E-state index contributed by atoms with van der Waals surface area (Å²) in [7, 11) is 0. The number of hydrogen-bond donors (Lipinski definition) is 1. The predicted octanol–water partition coefficient (Wildman–Crippen LogP) is 2.99. The van der Waals surface area contributed by atoms with Crippen LogP contribution in [-0.4, -0.2) is 26.5 Å². The molecule has 3 heterocycles. The van der Waals surface area contributed by atoms with Crippen LogP contribution in [0.1, 0.15) is 10.5 Å². The summed E-state index contributed by atoms with van der Waals surface area (Å²) in [6, 6.07) is 5.56. The third-order valence-electron chi connectivity index (χ3n) is 2.45. The molecule has 1 N–H and O–H groups in total. The van der Waals surface area contributed by atoms with Crippen LogP contribution in [0.15, 0.2) is 41.1 Å². The second-order valence-corrected chi connectivity index (χ2v) is 5.49. The molecule has 90 valence electrons. The summed E-state index contributed by atoms with van der Waals surface area (Å²) in [6.45, 7) is 0. The van der Waals surface area contributed by atoms with Crippen molar-refractivity contribution in [1.82, 2.24) is 15.0 Å². The lowest BCUT2D eigenvalue weighted by Crippen LogP contribution is -2.02. The highest BCUT2D eigenvalue weighted by atomic mass is 32.2. The number of nitrogens with zero attached hydrogens (tertiary/aromatic N) is 2. The maximum atomic E-state index is 11.9.